The normalized spacial score (nSPS) is 20.9. The molecule has 1 aliphatic rings. The van der Waals surface area contributed by atoms with E-state index in [0.29, 0.717) is 18.6 Å². The molecule has 94 valence electrons. The Bertz CT molecular complexity index is 186. The molecule has 1 heterocycles. The summed E-state index contributed by atoms with van der Waals surface area (Å²) in [7, 11) is 0. The fraction of sp³-hybridized carbons (Fsp3) is 0.923. The van der Waals surface area contributed by atoms with Crippen LogP contribution in [0.3, 0.4) is 0 Å². The van der Waals surface area contributed by atoms with Crippen LogP contribution >= 0.6 is 0 Å². The number of rotatable bonds is 8. The first-order chi connectivity index (χ1) is 7.83. The second-order valence-electron chi connectivity index (χ2n) is 4.62. The van der Waals surface area contributed by atoms with E-state index < -0.39 is 0 Å². The molecular formula is C13H24O3. The Balaban J connectivity index is 1.97. The number of carbonyl (C=O) groups is 1. The Labute approximate surface area is 98.2 Å². The second kappa shape index (κ2) is 8.71. The zero-order valence-corrected chi connectivity index (χ0v) is 10.1. The summed E-state index contributed by atoms with van der Waals surface area (Å²) in [5.74, 6) is 0.343. The first-order valence-corrected chi connectivity index (χ1v) is 6.57. The molecule has 16 heavy (non-hydrogen) atoms. The molecule has 1 fully saturated rings. The van der Waals surface area contributed by atoms with Crippen LogP contribution in [-0.4, -0.2) is 30.2 Å². The fourth-order valence-electron chi connectivity index (χ4n) is 2.11. The van der Waals surface area contributed by atoms with Crippen LogP contribution in [0.15, 0.2) is 0 Å². The smallest absolute Gasteiger partial charge is 0.135 e. The lowest BCUT2D eigenvalue weighted by molar-refractivity contribution is -0.122. The van der Waals surface area contributed by atoms with Gasteiger partial charge in [0, 0.05) is 26.1 Å². The van der Waals surface area contributed by atoms with Crippen LogP contribution in [0.1, 0.15) is 57.8 Å². The fourth-order valence-corrected chi connectivity index (χ4v) is 2.11. The van der Waals surface area contributed by atoms with E-state index in [1.807, 2.05) is 0 Å². The SMILES string of the molecule is O=C(CCCCCCO)C[C@@H]1CCCCO1. The van der Waals surface area contributed by atoms with Crippen LogP contribution in [0, 0.1) is 0 Å². The van der Waals surface area contributed by atoms with E-state index in [1.54, 1.807) is 0 Å². The lowest BCUT2D eigenvalue weighted by Crippen LogP contribution is -2.22. The third-order valence-corrected chi connectivity index (χ3v) is 3.09. The van der Waals surface area contributed by atoms with Crippen LogP contribution in [0.5, 0.6) is 0 Å². The van der Waals surface area contributed by atoms with Crippen molar-refractivity contribution in [3.8, 4) is 0 Å². The highest BCUT2D eigenvalue weighted by atomic mass is 16.5. The van der Waals surface area contributed by atoms with Gasteiger partial charge in [0.2, 0.25) is 0 Å². The van der Waals surface area contributed by atoms with E-state index in [-0.39, 0.29) is 12.7 Å². The Hall–Kier alpha value is -0.410. The number of unbranched alkanes of at least 4 members (excludes halogenated alkanes) is 3. The number of Topliss-reactive ketones (excluding diaryl/α,β-unsaturated/α-hetero) is 1. The van der Waals surface area contributed by atoms with Gasteiger partial charge in [-0.15, -0.1) is 0 Å². The van der Waals surface area contributed by atoms with Crippen molar-refractivity contribution in [1.29, 1.82) is 0 Å². The number of carbonyl (C=O) groups excluding carboxylic acids is 1. The molecular weight excluding hydrogens is 204 g/mol. The third kappa shape index (κ3) is 6.23. The average molecular weight is 228 g/mol. The molecule has 0 aromatic rings. The van der Waals surface area contributed by atoms with Crippen LogP contribution in [0.2, 0.25) is 0 Å². The molecule has 1 atom stereocenters. The third-order valence-electron chi connectivity index (χ3n) is 3.09. The second-order valence-corrected chi connectivity index (χ2v) is 4.62. The largest absolute Gasteiger partial charge is 0.396 e. The van der Waals surface area contributed by atoms with Gasteiger partial charge in [0.05, 0.1) is 6.10 Å². The van der Waals surface area contributed by atoms with Gasteiger partial charge in [-0.1, -0.05) is 12.8 Å². The molecule has 3 nitrogen and oxygen atoms in total. The molecule has 0 spiro atoms. The number of aliphatic hydroxyl groups is 1. The summed E-state index contributed by atoms with van der Waals surface area (Å²) in [6.07, 6.45) is 8.80. The van der Waals surface area contributed by atoms with E-state index in [0.717, 1.165) is 45.1 Å². The highest BCUT2D eigenvalue weighted by Crippen LogP contribution is 2.17. The van der Waals surface area contributed by atoms with Crippen molar-refractivity contribution >= 4 is 5.78 Å². The standard InChI is InChI=1S/C13H24O3/c14-9-5-2-1-3-7-12(15)11-13-8-4-6-10-16-13/h13-14H,1-11H2/t13-/m0/s1. The lowest BCUT2D eigenvalue weighted by atomic mass is 10.0. The molecule has 1 saturated heterocycles. The van der Waals surface area contributed by atoms with E-state index in [9.17, 15) is 4.79 Å². The van der Waals surface area contributed by atoms with Crippen molar-refractivity contribution < 1.29 is 14.6 Å². The predicted molar refractivity (Wildman–Crippen MR) is 63.4 cm³/mol. The Morgan fingerprint density at radius 1 is 1.19 bits per heavy atom. The van der Waals surface area contributed by atoms with Crippen LogP contribution in [0.4, 0.5) is 0 Å². The summed E-state index contributed by atoms with van der Waals surface area (Å²) >= 11 is 0. The van der Waals surface area contributed by atoms with Crippen LogP contribution < -0.4 is 0 Å². The molecule has 0 aliphatic carbocycles. The lowest BCUT2D eigenvalue weighted by Gasteiger charge is -2.21. The minimum Gasteiger partial charge on any atom is -0.396 e. The maximum absolute atomic E-state index is 11.6. The van der Waals surface area contributed by atoms with Crippen LogP contribution in [-0.2, 0) is 9.53 Å². The van der Waals surface area contributed by atoms with Gasteiger partial charge in [0.15, 0.2) is 0 Å². The van der Waals surface area contributed by atoms with E-state index in [1.165, 1.54) is 6.42 Å². The molecule has 1 rings (SSSR count). The molecule has 0 amide bonds. The zero-order valence-electron chi connectivity index (χ0n) is 10.1. The quantitative estimate of drug-likeness (QED) is 0.649. The topological polar surface area (TPSA) is 46.5 Å². The number of ether oxygens (including phenoxy) is 1. The highest BCUT2D eigenvalue weighted by molar-refractivity contribution is 5.78. The highest BCUT2D eigenvalue weighted by Gasteiger charge is 2.16. The molecule has 0 radical (unpaired) electrons. The monoisotopic (exact) mass is 228 g/mol. The Morgan fingerprint density at radius 3 is 2.69 bits per heavy atom. The van der Waals surface area contributed by atoms with E-state index >= 15 is 0 Å². The molecule has 0 aromatic carbocycles. The van der Waals surface area contributed by atoms with Gasteiger partial charge in [0.25, 0.3) is 0 Å². The predicted octanol–water partition coefficient (Wildman–Crippen LogP) is 2.46. The molecule has 1 N–H and O–H groups in total. The molecule has 1 aliphatic heterocycles. The van der Waals surface area contributed by atoms with Crippen molar-refractivity contribution in [1.82, 2.24) is 0 Å². The number of hydrogen-bond acceptors (Lipinski definition) is 3. The summed E-state index contributed by atoms with van der Waals surface area (Å²) < 4.78 is 5.54. The van der Waals surface area contributed by atoms with Gasteiger partial charge >= 0.3 is 0 Å². The van der Waals surface area contributed by atoms with Crippen molar-refractivity contribution in [2.24, 2.45) is 0 Å². The minimum absolute atomic E-state index is 0.193. The van der Waals surface area contributed by atoms with Crippen LogP contribution in [0.25, 0.3) is 0 Å². The van der Waals surface area contributed by atoms with E-state index in [4.69, 9.17) is 9.84 Å². The van der Waals surface area contributed by atoms with E-state index in [2.05, 4.69) is 0 Å². The average Bonchev–Trinajstić information content (AvgIpc) is 2.30. The van der Waals surface area contributed by atoms with Crippen molar-refractivity contribution in [2.75, 3.05) is 13.2 Å². The van der Waals surface area contributed by atoms with Gasteiger partial charge in [0.1, 0.15) is 5.78 Å². The van der Waals surface area contributed by atoms with Gasteiger partial charge in [-0.2, -0.15) is 0 Å². The first kappa shape index (κ1) is 13.7. The molecule has 3 heteroatoms. The maximum atomic E-state index is 11.6. The summed E-state index contributed by atoms with van der Waals surface area (Å²) in [4.78, 5) is 11.6. The van der Waals surface area contributed by atoms with Gasteiger partial charge in [-0.05, 0) is 32.1 Å². The van der Waals surface area contributed by atoms with Crippen molar-refractivity contribution in [2.45, 2.75) is 63.9 Å². The number of aliphatic hydroxyl groups excluding tert-OH is 1. The van der Waals surface area contributed by atoms with Gasteiger partial charge in [-0.3, -0.25) is 4.79 Å². The molecule has 0 unspecified atom stereocenters. The molecule has 0 saturated carbocycles. The molecule has 0 aromatic heterocycles. The van der Waals surface area contributed by atoms with Gasteiger partial charge in [-0.25, -0.2) is 0 Å². The zero-order chi connectivity index (χ0) is 11.6. The van der Waals surface area contributed by atoms with Gasteiger partial charge < -0.3 is 9.84 Å². The summed E-state index contributed by atoms with van der Waals surface area (Å²) in [6, 6.07) is 0. The minimum atomic E-state index is 0.193. The first-order valence-electron chi connectivity index (χ1n) is 6.57. The Morgan fingerprint density at radius 2 is 2.00 bits per heavy atom. The summed E-state index contributed by atoms with van der Waals surface area (Å²) in [5, 5.41) is 8.61. The van der Waals surface area contributed by atoms with Crippen molar-refractivity contribution in [3.05, 3.63) is 0 Å². The molecule has 0 bridgehead atoms. The summed E-state index contributed by atoms with van der Waals surface area (Å²) in [5.41, 5.74) is 0. The number of ketones is 1. The maximum Gasteiger partial charge on any atom is 0.135 e. The Kier molecular flexibility index (Phi) is 7.43. The van der Waals surface area contributed by atoms with Crippen molar-refractivity contribution in [3.63, 3.8) is 0 Å². The summed E-state index contributed by atoms with van der Waals surface area (Å²) in [6.45, 7) is 1.10. The number of hydrogen-bond donors (Lipinski definition) is 1.